The Morgan fingerprint density at radius 1 is 1.35 bits per heavy atom. The summed E-state index contributed by atoms with van der Waals surface area (Å²) < 4.78 is 19.1. The van der Waals surface area contributed by atoms with Crippen molar-refractivity contribution >= 4 is 5.91 Å². The highest BCUT2D eigenvalue weighted by Crippen LogP contribution is 2.28. The van der Waals surface area contributed by atoms with Gasteiger partial charge in [-0.25, -0.2) is 14.4 Å². The zero-order chi connectivity index (χ0) is 15.8. The number of nitrogens with zero attached hydrogens (tertiary/aromatic N) is 3. The Bertz CT molecular complexity index is 724. The van der Waals surface area contributed by atoms with Crippen molar-refractivity contribution in [2.24, 2.45) is 5.92 Å². The van der Waals surface area contributed by atoms with Crippen molar-refractivity contribution in [3.63, 3.8) is 0 Å². The smallest absolute Gasteiger partial charge is 0.307 e. The summed E-state index contributed by atoms with van der Waals surface area (Å²) in [6.45, 7) is 3.09. The van der Waals surface area contributed by atoms with E-state index in [1.54, 1.807) is 0 Å². The normalized spacial score (nSPS) is 26.2. The third-order valence-corrected chi connectivity index (χ3v) is 4.66. The fourth-order valence-corrected chi connectivity index (χ4v) is 3.41. The highest BCUT2D eigenvalue weighted by atomic mass is 19.1. The summed E-state index contributed by atoms with van der Waals surface area (Å²) in [5, 5.41) is 2.99. The Balaban J connectivity index is 1.48. The standard InChI is InChI=1S/C16H17FN4O2/c17-11-2-1-5-18-14(11)13-8-19-16(23-13)15(22)20-12-9-21-6-3-10(12)4-7-21/h1-2,5,8,10,12H,3-4,6-7,9H2,(H,20,22)/t12-/m0/s1. The van der Waals surface area contributed by atoms with Crippen LogP contribution >= 0.6 is 0 Å². The summed E-state index contributed by atoms with van der Waals surface area (Å²) in [6, 6.07) is 2.92. The first-order valence-electron chi connectivity index (χ1n) is 7.80. The first kappa shape index (κ1) is 14.3. The van der Waals surface area contributed by atoms with Crippen molar-refractivity contribution in [3.05, 3.63) is 36.2 Å². The Kier molecular flexibility index (Phi) is 3.57. The molecule has 0 aromatic carbocycles. The maximum absolute atomic E-state index is 13.7. The van der Waals surface area contributed by atoms with Gasteiger partial charge in [-0.2, -0.15) is 0 Å². The number of carbonyl (C=O) groups is 1. The van der Waals surface area contributed by atoms with E-state index in [9.17, 15) is 9.18 Å². The molecular formula is C16H17FN4O2. The molecule has 0 spiro atoms. The lowest BCUT2D eigenvalue weighted by molar-refractivity contribution is 0.0602. The highest BCUT2D eigenvalue weighted by molar-refractivity contribution is 5.90. The first-order chi connectivity index (χ1) is 11.2. The van der Waals surface area contributed by atoms with Crippen molar-refractivity contribution in [1.29, 1.82) is 0 Å². The van der Waals surface area contributed by atoms with Crippen LogP contribution in [0.1, 0.15) is 23.5 Å². The minimum absolute atomic E-state index is 0.0542. The molecule has 1 amide bonds. The largest absolute Gasteiger partial charge is 0.431 e. The van der Waals surface area contributed by atoms with Crippen LogP contribution in [-0.2, 0) is 0 Å². The molecule has 1 atom stereocenters. The minimum atomic E-state index is -0.506. The molecule has 7 heteroatoms. The lowest BCUT2D eigenvalue weighted by atomic mass is 9.84. The van der Waals surface area contributed by atoms with Crippen LogP contribution in [0.3, 0.4) is 0 Å². The van der Waals surface area contributed by atoms with Gasteiger partial charge in [-0.05, 0) is 44.0 Å². The number of oxazole rings is 1. The molecule has 2 bridgehead atoms. The Hall–Kier alpha value is -2.28. The summed E-state index contributed by atoms with van der Waals surface area (Å²) >= 11 is 0. The summed E-state index contributed by atoms with van der Waals surface area (Å²) in [7, 11) is 0. The molecule has 3 aliphatic rings. The molecule has 3 fully saturated rings. The first-order valence-corrected chi connectivity index (χ1v) is 7.80. The molecule has 0 unspecified atom stereocenters. The molecule has 5 rings (SSSR count). The minimum Gasteiger partial charge on any atom is -0.431 e. The van der Waals surface area contributed by atoms with E-state index in [0.29, 0.717) is 5.92 Å². The summed E-state index contributed by atoms with van der Waals surface area (Å²) in [5.74, 6) is -0.241. The summed E-state index contributed by atoms with van der Waals surface area (Å²) in [4.78, 5) is 22.6. The van der Waals surface area contributed by atoms with E-state index >= 15 is 0 Å². The SMILES string of the molecule is O=C(N[C@H]1CN2CCC1CC2)c1ncc(-c2ncccc2F)o1. The van der Waals surface area contributed by atoms with E-state index in [2.05, 4.69) is 20.2 Å². The van der Waals surface area contributed by atoms with Gasteiger partial charge < -0.3 is 14.6 Å². The molecule has 0 aliphatic carbocycles. The molecule has 3 aliphatic heterocycles. The number of halogens is 1. The van der Waals surface area contributed by atoms with Crippen LogP contribution in [0.4, 0.5) is 4.39 Å². The van der Waals surface area contributed by atoms with E-state index in [1.165, 1.54) is 24.5 Å². The third-order valence-electron chi connectivity index (χ3n) is 4.66. The fourth-order valence-electron chi connectivity index (χ4n) is 3.41. The molecule has 2 aromatic heterocycles. The van der Waals surface area contributed by atoms with Crippen molar-refractivity contribution in [3.8, 4) is 11.5 Å². The number of piperidine rings is 3. The lowest BCUT2D eigenvalue weighted by Gasteiger charge is -2.44. The molecule has 0 saturated carbocycles. The van der Waals surface area contributed by atoms with E-state index in [1.807, 2.05) is 0 Å². The van der Waals surface area contributed by atoms with Crippen molar-refractivity contribution in [2.75, 3.05) is 19.6 Å². The van der Waals surface area contributed by atoms with Gasteiger partial charge in [0.15, 0.2) is 11.6 Å². The van der Waals surface area contributed by atoms with Crippen LogP contribution in [0, 0.1) is 11.7 Å². The molecule has 1 N–H and O–H groups in total. The van der Waals surface area contributed by atoms with Gasteiger partial charge in [-0.1, -0.05) is 0 Å². The molecule has 3 saturated heterocycles. The number of fused-ring (bicyclic) bond motifs is 3. The van der Waals surface area contributed by atoms with Crippen LogP contribution in [0.2, 0.25) is 0 Å². The summed E-state index contributed by atoms with van der Waals surface area (Å²) in [6.07, 6.45) is 5.02. The average molecular weight is 316 g/mol. The zero-order valence-corrected chi connectivity index (χ0v) is 12.5. The van der Waals surface area contributed by atoms with Gasteiger partial charge in [0.2, 0.25) is 0 Å². The Labute approximate surface area is 132 Å². The summed E-state index contributed by atoms with van der Waals surface area (Å²) in [5.41, 5.74) is 0.0573. The quantitative estimate of drug-likeness (QED) is 0.933. The fraction of sp³-hybridized carbons (Fsp3) is 0.438. The number of hydrogen-bond donors (Lipinski definition) is 1. The predicted octanol–water partition coefficient (Wildman–Crippen LogP) is 1.70. The molecule has 0 radical (unpaired) electrons. The lowest BCUT2D eigenvalue weighted by Crippen LogP contribution is -2.57. The van der Waals surface area contributed by atoms with Gasteiger partial charge in [-0.3, -0.25) is 4.79 Å². The van der Waals surface area contributed by atoms with E-state index in [-0.39, 0.29) is 29.3 Å². The Morgan fingerprint density at radius 2 is 2.17 bits per heavy atom. The number of hydrogen-bond acceptors (Lipinski definition) is 5. The molecule has 6 nitrogen and oxygen atoms in total. The maximum atomic E-state index is 13.7. The van der Waals surface area contributed by atoms with Crippen molar-refractivity contribution in [2.45, 2.75) is 18.9 Å². The third kappa shape index (κ3) is 2.72. The van der Waals surface area contributed by atoms with E-state index < -0.39 is 5.82 Å². The van der Waals surface area contributed by atoms with Crippen molar-refractivity contribution < 1.29 is 13.6 Å². The number of nitrogens with one attached hydrogen (secondary N) is 1. The van der Waals surface area contributed by atoms with Crippen molar-refractivity contribution in [1.82, 2.24) is 20.2 Å². The second-order valence-corrected chi connectivity index (χ2v) is 6.08. The number of amides is 1. The average Bonchev–Trinajstić information content (AvgIpc) is 3.06. The number of aromatic nitrogens is 2. The number of pyridine rings is 1. The van der Waals surface area contributed by atoms with Crippen LogP contribution in [0.5, 0.6) is 0 Å². The predicted molar refractivity (Wildman–Crippen MR) is 80.1 cm³/mol. The zero-order valence-electron chi connectivity index (χ0n) is 12.5. The van der Waals surface area contributed by atoms with Gasteiger partial charge in [-0.15, -0.1) is 0 Å². The highest BCUT2D eigenvalue weighted by Gasteiger charge is 2.35. The topological polar surface area (TPSA) is 71.3 Å². The van der Waals surface area contributed by atoms with Crippen LogP contribution in [-0.4, -0.2) is 46.5 Å². The second kappa shape index (κ2) is 5.73. The number of carbonyl (C=O) groups excluding carboxylic acids is 1. The maximum Gasteiger partial charge on any atom is 0.307 e. The molecule has 120 valence electrons. The Morgan fingerprint density at radius 3 is 2.87 bits per heavy atom. The molecular weight excluding hydrogens is 299 g/mol. The van der Waals surface area contributed by atoms with Gasteiger partial charge in [0.05, 0.1) is 6.20 Å². The van der Waals surface area contributed by atoms with Gasteiger partial charge in [0.1, 0.15) is 5.69 Å². The van der Waals surface area contributed by atoms with E-state index in [0.717, 1.165) is 32.5 Å². The van der Waals surface area contributed by atoms with Crippen LogP contribution < -0.4 is 5.32 Å². The molecule has 2 aromatic rings. The second-order valence-electron chi connectivity index (χ2n) is 6.08. The number of rotatable bonds is 3. The van der Waals surface area contributed by atoms with Gasteiger partial charge in [0.25, 0.3) is 5.89 Å². The monoisotopic (exact) mass is 316 g/mol. The molecule has 5 heterocycles. The van der Waals surface area contributed by atoms with Gasteiger partial charge >= 0.3 is 5.91 Å². The van der Waals surface area contributed by atoms with E-state index in [4.69, 9.17) is 4.42 Å². The van der Waals surface area contributed by atoms with Crippen LogP contribution in [0.15, 0.2) is 28.9 Å². The van der Waals surface area contributed by atoms with Gasteiger partial charge in [0, 0.05) is 18.8 Å². The molecule has 23 heavy (non-hydrogen) atoms. The van der Waals surface area contributed by atoms with Crippen LogP contribution in [0.25, 0.3) is 11.5 Å².